The maximum absolute atomic E-state index is 11.8. The zero-order chi connectivity index (χ0) is 13.3. The lowest BCUT2D eigenvalue weighted by Crippen LogP contribution is -2.29. The van der Waals surface area contributed by atoms with E-state index in [4.69, 9.17) is 4.74 Å². The van der Waals surface area contributed by atoms with Gasteiger partial charge in [-0.25, -0.2) is 8.42 Å². The van der Waals surface area contributed by atoms with Gasteiger partial charge in [-0.15, -0.1) is 11.8 Å². The molecule has 1 aromatic rings. The van der Waals surface area contributed by atoms with E-state index in [0.717, 1.165) is 15.8 Å². The first kappa shape index (κ1) is 14.2. The molecule has 1 atom stereocenters. The summed E-state index contributed by atoms with van der Waals surface area (Å²) in [5.74, 6) is 1.51. The topological polar surface area (TPSA) is 46.6 Å². The Labute approximate surface area is 120 Å². The number of methoxy groups -OCH3 is 1. The highest BCUT2D eigenvalue weighted by molar-refractivity contribution is 9.10. The summed E-state index contributed by atoms with van der Waals surface area (Å²) in [5.41, 5.74) is 0.889. The van der Waals surface area contributed by atoms with Crippen LogP contribution in [0.1, 0.15) is 10.9 Å². The van der Waals surface area contributed by atoms with Crippen LogP contribution >= 0.6 is 27.7 Å². The predicted molar refractivity (Wildman–Crippen MR) is 77.4 cm³/mol. The molecule has 1 aliphatic heterocycles. The van der Waals surface area contributed by atoms with Crippen molar-refractivity contribution in [2.24, 2.45) is 0 Å². The summed E-state index contributed by atoms with van der Waals surface area (Å²) < 4.78 is 31.3. The van der Waals surface area contributed by atoms with E-state index in [0.29, 0.717) is 12.3 Å². The summed E-state index contributed by atoms with van der Waals surface area (Å²) in [6.45, 7) is 0.545. The number of benzene rings is 1. The van der Waals surface area contributed by atoms with Gasteiger partial charge in [-0.05, 0) is 18.2 Å². The van der Waals surface area contributed by atoms with Crippen molar-refractivity contribution < 1.29 is 13.2 Å². The third-order valence-electron chi connectivity index (χ3n) is 2.73. The lowest BCUT2D eigenvalue weighted by Gasteiger charge is -2.23. The molecule has 1 fully saturated rings. The molecule has 7 heteroatoms. The van der Waals surface area contributed by atoms with E-state index in [-0.39, 0.29) is 5.37 Å². The predicted octanol–water partition coefficient (Wildman–Crippen LogP) is 2.46. The van der Waals surface area contributed by atoms with Gasteiger partial charge in [0.15, 0.2) is 0 Å². The molecule has 1 aliphatic rings. The van der Waals surface area contributed by atoms with E-state index >= 15 is 0 Å². The highest BCUT2D eigenvalue weighted by Gasteiger charge is 2.34. The van der Waals surface area contributed by atoms with Gasteiger partial charge in [0, 0.05) is 22.3 Å². The van der Waals surface area contributed by atoms with E-state index < -0.39 is 10.0 Å². The van der Waals surface area contributed by atoms with Crippen LogP contribution in [0.4, 0.5) is 0 Å². The molecule has 1 aromatic carbocycles. The number of rotatable bonds is 3. The van der Waals surface area contributed by atoms with Crippen LogP contribution in [0.2, 0.25) is 0 Å². The Morgan fingerprint density at radius 1 is 1.50 bits per heavy atom. The van der Waals surface area contributed by atoms with Crippen LogP contribution in [0.3, 0.4) is 0 Å². The molecule has 1 saturated heterocycles. The Bertz CT molecular complexity index is 547. The van der Waals surface area contributed by atoms with Crippen LogP contribution in [-0.2, 0) is 10.0 Å². The molecular weight excluding hydrogens is 338 g/mol. The van der Waals surface area contributed by atoms with Crippen molar-refractivity contribution >= 4 is 37.7 Å². The van der Waals surface area contributed by atoms with E-state index in [9.17, 15) is 8.42 Å². The van der Waals surface area contributed by atoms with Gasteiger partial charge in [0.2, 0.25) is 10.0 Å². The van der Waals surface area contributed by atoms with Crippen LogP contribution in [0, 0.1) is 0 Å². The van der Waals surface area contributed by atoms with Gasteiger partial charge in [-0.2, -0.15) is 4.31 Å². The van der Waals surface area contributed by atoms with Gasteiger partial charge in [-0.3, -0.25) is 0 Å². The average molecular weight is 352 g/mol. The molecule has 1 heterocycles. The number of ether oxygens (including phenoxy) is 1. The molecule has 0 aliphatic carbocycles. The quantitative estimate of drug-likeness (QED) is 0.839. The van der Waals surface area contributed by atoms with E-state index in [2.05, 4.69) is 15.9 Å². The Morgan fingerprint density at radius 2 is 2.22 bits per heavy atom. The molecule has 0 unspecified atom stereocenters. The molecule has 0 radical (unpaired) electrons. The molecule has 0 bridgehead atoms. The van der Waals surface area contributed by atoms with Crippen molar-refractivity contribution in [3.8, 4) is 5.75 Å². The van der Waals surface area contributed by atoms with Crippen molar-refractivity contribution in [3.63, 3.8) is 0 Å². The monoisotopic (exact) mass is 351 g/mol. The summed E-state index contributed by atoms with van der Waals surface area (Å²) in [7, 11) is -1.60. The lowest BCUT2D eigenvalue weighted by atomic mass is 10.2. The fraction of sp³-hybridized carbons (Fsp3) is 0.455. The van der Waals surface area contributed by atoms with E-state index in [1.54, 1.807) is 18.9 Å². The third kappa shape index (κ3) is 2.84. The van der Waals surface area contributed by atoms with Crippen molar-refractivity contribution in [1.29, 1.82) is 0 Å². The zero-order valence-corrected chi connectivity index (χ0v) is 13.3. The number of hydrogen-bond donors (Lipinski definition) is 0. The molecule has 0 spiro atoms. The fourth-order valence-corrected chi connectivity index (χ4v) is 5.13. The van der Waals surface area contributed by atoms with Crippen LogP contribution < -0.4 is 4.74 Å². The van der Waals surface area contributed by atoms with Crippen LogP contribution in [0.5, 0.6) is 5.75 Å². The van der Waals surface area contributed by atoms with Crippen molar-refractivity contribution in [2.45, 2.75) is 5.37 Å². The summed E-state index contributed by atoms with van der Waals surface area (Å²) in [6.07, 6.45) is 1.25. The number of thioether (sulfide) groups is 1. The normalized spacial score (nSPS) is 21.2. The number of halogens is 1. The lowest BCUT2D eigenvalue weighted by molar-refractivity contribution is 0.391. The minimum Gasteiger partial charge on any atom is -0.496 e. The van der Waals surface area contributed by atoms with Gasteiger partial charge >= 0.3 is 0 Å². The molecule has 0 saturated carbocycles. The van der Waals surface area contributed by atoms with Crippen molar-refractivity contribution in [3.05, 3.63) is 28.2 Å². The maximum Gasteiger partial charge on any atom is 0.212 e. The highest BCUT2D eigenvalue weighted by Crippen LogP contribution is 2.43. The zero-order valence-electron chi connectivity index (χ0n) is 10.1. The summed E-state index contributed by atoms with van der Waals surface area (Å²) in [4.78, 5) is 0. The standard InChI is InChI=1S/C11H14BrNO3S2/c1-16-10-4-3-8(12)7-9(10)11-13(5-6-17-11)18(2,14)15/h3-4,7,11H,5-6H2,1-2H3/t11-/m0/s1. The van der Waals surface area contributed by atoms with Gasteiger partial charge in [0.25, 0.3) is 0 Å². The van der Waals surface area contributed by atoms with Gasteiger partial charge in [-0.1, -0.05) is 15.9 Å². The SMILES string of the molecule is COc1ccc(Br)cc1[C@@H]1SCCN1S(C)(=O)=O. The van der Waals surface area contributed by atoms with E-state index in [1.165, 1.54) is 10.6 Å². The summed E-state index contributed by atoms with van der Waals surface area (Å²) >= 11 is 5.02. The average Bonchev–Trinajstić information content (AvgIpc) is 2.77. The van der Waals surface area contributed by atoms with Crippen molar-refractivity contribution in [2.75, 3.05) is 25.7 Å². The Hall–Kier alpha value is -0.240. The minimum atomic E-state index is -3.20. The molecular formula is C11H14BrNO3S2. The number of sulfonamides is 1. The largest absolute Gasteiger partial charge is 0.496 e. The first-order valence-electron chi connectivity index (χ1n) is 5.35. The second kappa shape index (κ2) is 5.40. The van der Waals surface area contributed by atoms with Gasteiger partial charge in [0.05, 0.1) is 18.7 Å². The molecule has 0 amide bonds. The van der Waals surface area contributed by atoms with Crippen LogP contribution in [-0.4, -0.2) is 38.4 Å². The van der Waals surface area contributed by atoms with Crippen LogP contribution in [0.25, 0.3) is 0 Å². The van der Waals surface area contributed by atoms with Gasteiger partial charge < -0.3 is 4.74 Å². The second-order valence-electron chi connectivity index (χ2n) is 3.98. The molecule has 0 N–H and O–H groups in total. The Morgan fingerprint density at radius 3 is 2.83 bits per heavy atom. The molecule has 4 nitrogen and oxygen atoms in total. The summed E-state index contributed by atoms with van der Waals surface area (Å²) in [5, 5.41) is -0.201. The first-order chi connectivity index (χ1) is 8.43. The van der Waals surface area contributed by atoms with Crippen molar-refractivity contribution in [1.82, 2.24) is 4.31 Å². The molecule has 18 heavy (non-hydrogen) atoms. The highest BCUT2D eigenvalue weighted by atomic mass is 79.9. The molecule has 2 rings (SSSR count). The fourth-order valence-electron chi connectivity index (χ4n) is 1.94. The van der Waals surface area contributed by atoms with Gasteiger partial charge in [0.1, 0.15) is 5.75 Å². The van der Waals surface area contributed by atoms with Crippen LogP contribution in [0.15, 0.2) is 22.7 Å². The minimum absolute atomic E-state index is 0.201. The van der Waals surface area contributed by atoms with E-state index in [1.807, 2.05) is 18.2 Å². The number of hydrogen-bond acceptors (Lipinski definition) is 4. The maximum atomic E-state index is 11.8. The Kier molecular flexibility index (Phi) is 4.25. The first-order valence-corrected chi connectivity index (χ1v) is 9.04. The Balaban J connectivity index is 2.44. The second-order valence-corrected chi connectivity index (χ2v) is 8.02. The molecule has 100 valence electrons. The smallest absolute Gasteiger partial charge is 0.212 e. The third-order valence-corrected chi connectivity index (χ3v) is 5.85. The molecule has 0 aromatic heterocycles. The number of nitrogens with zero attached hydrogens (tertiary/aromatic N) is 1. The summed E-state index contributed by atoms with van der Waals surface area (Å²) in [6, 6.07) is 5.64.